The van der Waals surface area contributed by atoms with Crippen molar-refractivity contribution in [3.05, 3.63) is 54.6 Å². The van der Waals surface area contributed by atoms with Gasteiger partial charge >= 0.3 is 0 Å². The number of allylic oxidation sites excluding steroid dienone is 3. The number of benzene rings is 1. The van der Waals surface area contributed by atoms with Crippen molar-refractivity contribution in [3.63, 3.8) is 0 Å². The monoisotopic (exact) mass is 174 g/mol. The van der Waals surface area contributed by atoms with E-state index < -0.39 is 0 Å². The Balaban J connectivity index is 0.000000671. The van der Waals surface area contributed by atoms with Gasteiger partial charge in [-0.05, 0) is 18.1 Å². The molecule has 1 rings (SSSR count). The minimum Gasteiger partial charge on any atom is -0.0985 e. The van der Waals surface area contributed by atoms with Crippen LogP contribution < -0.4 is 0 Å². The van der Waals surface area contributed by atoms with Crippen molar-refractivity contribution in [1.29, 1.82) is 0 Å². The van der Waals surface area contributed by atoms with Crippen molar-refractivity contribution in [3.8, 4) is 0 Å². The zero-order valence-corrected chi connectivity index (χ0v) is 8.75. The summed E-state index contributed by atoms with van der Waals surface area (Å²) in [5, 5.41) is 0. The molecule has 0 fully saturated rings. The highest BCUT2D eigenvalue weighted by molar-refractivity contribution is 5.72. The molecule has 0 aromatic heterocycles. The van der Waals surface area contributed by atoms with Gasteiger partial charge in [-0.3, -0.25) is 0 Å². The lowest BCUT2D eigenvalue weighted by atomic mass is 10.1. The van der Waals surface area contributed by atoms with Crippen LogP contribution in [0.5, 0.6) is 0 Å². The summed E-state index contributed by atoms with van der Waals surface area (Å²) in [6, 6.07) is 10.2. The topological polar surface area (TPSA) is 0 Å². The van der Waals surface area contributed by atoms with E-state index in [9.17, 15) is 0 Å². The van der Waals surface area contributed by atoms with Gasteiger partial charge < -0.3 is 0 Å². The molecule has 0 nitrogen and oxygen atoms in total. The van der Waals surface area contributed by atoms with Gasteiger partial charge in [0.15, 0.2) is 0 Å². The molecule has 0 N–H and O–H groups in total. The van der Waals surface area contributed by atoms with Gasteiger partial charge in [-0.25, -0.2) is 0 Å². The van der Waals surface area contributed by atoms with Crippen molar-refractivity contribution in [2.75, 3.05) is 0 Å². The average molecular weight is 174 g/mol. The minimum atomic E-state index is 1.19. The summed E-state index contributed by atoms with van der Waals surface area (Å²) < 4.78 is 0. The maximum absolute atomic E-state index is 3.74. The van der Waals surface area contributed by atoms with Crippen LogP contribution in [0.25, 0.3) is 5.57 Å². The van der Waals surface area contributed by atoms with Crippen LogP contribution in [0.15, 0.2) is 49.1 Å². The van der Waals surface area contributed by atoms with Gasteiger partial charge in [0.2, 0.25) is 0 Å². The van der Waals surface area contributed by atoms with Gasteiger partial charge in [-0.2, -0.15) is 0 Å². The summed E-state index contributed by atoms with van der Waals surface area (Å²) in [5.74, 6) is 0. The quantitative estimate of drug-likeness (QED) is 0.586. The van der Waals surface area contributed by atoms with Crippen LogP contribution >= 0.6 is 0 Å². The number of hydrogen-bond acceptors (Lipinski definition) is 0. The van der Waals surface area contributed by atoms with Gasteiger partial charge in [-0.1, -0.05) is 62.9 Å². The predicted octanol–water partition coefficient (Wildman–Crippen LogP) is 4.30. The molecule has 0 saturated heterocycles. The minimum absolute atomic E-state index is 1.19. The third kappa shape index (κ3) is 3.75. The van der Waals surface area contributed by atoms with Crippen LogP contribution in [0.4, 0.5) is 0 Å². The van der Waals surface area contributed by atoms with Crippen LogP contribution in [-0.2, 0) is 0 Å². The Morgan fingerprint density at radius 1 is 1.15 bits per heavy atom. The van der Waals surface area contributed by atoms with Gasteiger partial charge in [0.05, 0.1) is 0 Å². The first kappa shape index (κ1) is 11.7. The van der Waals surface area contributed by atoms with Crippen molar-refractivity contribution >= 4 is 5.57 Å². The maximum Gasteiger partial charge on any atom is -0.0188 e. The van der Waals surface area contributed by atoms with Crippen LogP contribution in [0, 0.1) is 0 Å². The molecule has 0 heteroatoms. The summed E-state index contributed by atoms with van der Waals surface area (Å²) in [6.45, 7) is 9.76. The molecule has 0 spiro atoms. The molecule has 0 atom stereocenters. The van der Waals surface area contributed by atoms with E-state index in [0.29, 0.717) is 0 Å². The number of rotatable bonds is 2. The Morgan fingerprint density at radius 2 is 1.69 bits per heavy atom. The lowest BCUT2D eigenvalue weighted by Crippen LogP contribution is -1.76. The van der Waals surface area contributed by atoms with Gasteiger partial charge in [0.1, 0.15) is 0 Å². The van der Waals surface area contributed by atoms with Crippen molar-refractivity contribution < 1.29 is 0 Å². The van der Waals surface area contributed by atoms with E-state index in [1.807, 2.05) is 45.0 Å². The first-order valence-corrected chi connectivity index (χ1v) is 4.72. The molecule has 0 bridgehead atoms. The second-order valence-electron chi connectivity index (χ2n) is 2.31. The third-order valence-electron chi connectivity index (χ3n) is 1.64. The SMILES string of the molecule is C=C/C(=C\C)c1ccccc1.CC. The van der Waals surface area contributed by atoms with E-state index in [4.69, 9.17) is 0 Å². The largest absolute Gasteiger partial charge is 0.0985 e. The standard InChI is InChI=1S/C11H12.C2H6/c1-3-10(4-2)11-8-6-5-7-9-11;1-2/h3-9H,1H2,2H3;1-2H3/b10-4+;. The Morgan fingerprint density at radius 3 is 2.08 bits per heavy atom. The number of hydrogen-bond donors (Lipinski definition) is 0. The van der Waals surface area contributed by atoms with E-state index in [2.05, 4.69) is 24.8 Å². The molecule has 1 aromatic carbocycles. The summed E-state index contributed by atoms with van der Waals surface area (Å²) in [4.78, 5) is 0. The molecule has 0 saturated carbocycles. The highest BCUT2D eigenvalue weighted by atomic mass is 14.0. The highest BCUT2D eigenvalue weighted by Crippen LogP contribution is 2.13. The zero-order valence-electron chi connectivity index (χ0n) is 8.75. The molecule has 70 valence electrons. The lowest BCUT2D eigenvalue weighted by Gasteiger charge is -1.98. The second kappa shape index (κ2) is 7.35. The molecule has 0 aliphatic rings. The molecule has 0 unspecified atom stereocenters. The van der Waals surface area contributed by atoms with Gasteiger partial charge in [-0.15, -0.1) is 0 Å². The Labute approximate surface area is 81.6 Å². The van der Waals surface area contributed by atoms with Crippen LogP contribution in [-0.4, -0.2) is 0 Å². The predicted molar refractivity (Wildman–Crippen MR) is 61.6 cm³/mol. The maximum atomic E-state index is 3.74. The smallest absolute Gasteiger partial charge is 0.0188 e. The van der Waals surface area contributed by atoms with E-state index in [0.717, 1.165) is 0 Å². The molecule has 0 aliphatic heterocycles. The van der Waals surface area contributed by atoms with Crippen molar-refractivity contribution in [2.24, 2.45) is 0 Å². The first-order valence-electron chi connectivity index (χ1n) is 4.72. The normalized spacial score (nSPS) is 9.92. The Kier molecular flexibility index (Phi) is 6.62. The van der Waals surface area contributed by atoms with E-state index in [-0.39, 0.29) is 0 Å². The fourth-order valence-electron chi connectivity index (χ4n) is 1.03. The highest BCUT2D eigenvalue weighted by Gasteiger charge is 1.91. The third-order valence-corrected chi connectivity index (χ3v) is 1.64. The summed E-state index contributed by atoms with van der Waals surface area (Å²) >= 11 is 0. The van der Waals surface area contributed by atoms with E-state index in [1.54, 1.807) is 0 Å². The average Bonchev–Trinajstić information content (AvgIpc) is 2.24. The van der Waals surface area contributed by atoms with Gasteiger partial charge in [0, 0.05) is 0 Å². The Bertz CT molecular complexity index is 255. The lowest BCUT2D eigenvalue weighted by molar-refractivity contribution is 1.50. The van der Waals surface area contributed by atoms with E-state index >= 15 is 0 Å². The zero-order chi connectivity index (χ0) is 10.1. The molecule has 0 heterocycles. The van der Waals surface area contributed by atoms with Gasteiger partial charge in [0.25, 0.3) is 0 Å². The summed E-state index contributed by atoms with van der Waals surface area (Å²) in [5.41, 5.74) is 2.41. The molecule has 13 heavy (non-hydrogen) atoms. The Hall–Kier alpha value is -1.30. The molecular weight excluding hydrogens is 156 g/mol. The fraction of sp³-hybridized carbons (Fsp3) is 0.231. The molecule has 0 radical (unpaired) electrons. The summed E-state index contributed by atoms with van der Waals surface area (Å²) in [7, 11) is 0. The van der Waals surface area contributed by atoms with Crippen LogP contribution in [0.3, 0.4) is 0 Å². The molecule has 1 aromatic rings. The van der Waals surface area contributed by atoms with Crippen LogP contribution in [0.2, 0.25) is 0 Å². The van der Waals surface area contributed by atoms with Crippen LogP contribution in [0.1, 0.15) is 26.3 Å². The molecule has 0 aliphatic carbocycles. The van der Waals surface area contributed by atoms with Crippen molar-refractivity contribution in [2.45, 2.75) is 20.8 Å². The first-order chi connectivity index (χ1) is 6.38. The fourth-order valence-corrected chi connectivity index (χ4v) is 1.03. The second-order valence-corrected chi connectivity index (χ2v) is 2.31. The van der Waals surface area contributed by atoms with E-state index in [1.165, 1.54) is 11.1 Å². The van der Waals surface area contributed by atoms with Crippen molar-refractivity contribution in [1.82, 2.24) is 0 Å². The summed E-state index contributed by atoms with van der Waals surface area (Å²) in [6.07, 6.45) is 3.93. The molecular formula is C13H18. The molecule has 0 amide bonds.